The van der Waals surface area contributed by atoms with Gasteiger partial charge >= 0.3 is 0 Å². The largest absolute Gasteiger partial charge is 0.384 e. The second-order valence-electron chi connectivity index (χ2n) is 5.78. The van der Waals surface area contributed by atoms with Crippen molar-refractivity contribution in [1.82, 2.24) is 5.32 Å². The monoisotopic (exact) mass is 284 g/mol. The van der Waals surface area contributed by atoms with Crippen molar-refractivity contribution in [2.24, 2.45) is 0 Å². The maximum Gasteiger partial charge on any atom is 0.129 e. The Morgan fingerprint density at radius 2 is 1.90 bits per heavy atom. The molecule has 0 unspecified atom stereocenters. The summed E-state index contributed by atoms with van der Waals surface area (Å²) in [4.78, 5) is 0. The summed E-state index contributed by atoms with van der Waals surface area (Å²) >= 11 is 0. The van der Waals surface area contributed by atoms with Gasteiger partial charge in [0.1, 0.15) is 5.82 Å². The molecule has 0 saturated carbocycles. The Morgan fingerprint density at radius 3 is 2.67 bits per heavy atom. The summed E-state index contributed by atoms with van der Waals surface area (Å²) < 4.78 is 13.6. The second-order valence-corrected chi connectivity index (χ2v) is 5.78. The van der Waals surface area contributed by atoms with Gasteiger partial charge in [-0.15, -0.1) is 0 Å². The molecule has 1 heterocycles. The molecule has 1 aliphatic heterocycles. The summed E-state index contributed by atoms with van der Waals surface area (Å²) in [7, 11) is 0. The summed E-state index contributed by atoms with van der Waals surface area (Å²) in [5.41, 5.74) is 6.56. The molecule has 110 valence electrons. The summed E-state index contributed by atoms with van der Waals surface area (Å²) in [5, 5.41) is 6.91. The Hall–Kier alpha value is -1.87. The van der Waals surface area contributed by atoms with Crippen molar-refractivity contribution < 1.29 is 4.39 Å². The molecule has 0 aromatic heterocycles. The highest BCUT2D eigenvalue weighted by molar-refractivity contribution is 5.61. The Labute approximate surface area is 125 Å². The summed E-state index contributed by atoms with van der Waals surface area (Å²) in [5.74, 6) is -0.0937. The summed E-state index contributed by atoms with van der Waals surface area (Å²) in [6.45, 7) is 6.25. The van der Waals surface area contributed by atoms with Crippen LogP contribution in [0, 0.1) is 19.7 Å². The summed E-state index contributed by atoms with van der Waals surface area (Å²) in [6.07, 6.45) is 1.11. The fourth-order valence-electron chi connectivity index (χ4n) is 3.04. The van der Waals surface area contributed by atoms with E-state index in [1.165, 1.54) is 16.8 Å². The van der Waals surface area contributed by atoms with E-state index in [0.717, 1.165) is 31.6 Å². The Morgan fingerprint density at radius 1 is 1.14 bits per heavy atom. The lowest BCUT2D eigenvalue weighted by Gasteiger charge is -2.11. The molecule has 0 bridgehead atoms. The van der Waals surface area contributed by atoms with Crippen molar-refractivity contribution in [3.63, 3.8) is 0 Å². The van der Waals surface area contributed by atoms with E-state index in [2.05, 4.69) is 28.8 Å². The van der Waals surface area contributed by atoms with E-state index in [9.17, 15) is 4.39 Å². The van der Waals surface area contributed by atoms with Crippen LogP contribution in [-0.4, -0.2) is 6.54 Å². The van der Waals surface area contributed by atoms with E-state index in [-0.39, 0.29) is 5.82 Å². The molecular formula is C18H21FN2. The first-order chi connectivity index (χ1) is 10.1. The summed E-state index contributed by atoms with van der Waals surface area (Å²) in [6, 6.07) is 10.3. The highest BCUT2D eigenvalue weighted by Crippen LogP contribution is 2.26. The van der Waals surface area contributed by atoms with Crippen molar-refractivity contribution in [3.8, 4) is 0 Å². The lowest BCUT2D eigenvalue weighted by atomic mass is 10.1. The molecule has 0 atom stereocenters. The molecule has 0 spiro atoms. The van der Waals surface area contributed by atoms with Gasteiger partial charge in [0.25, 0.3) is 0 Å². The number of rotatable bonds is 4. The third-order valence-corrected chi connectivity index (χ3v) is 4.07. The number of nitrogens with one attached hydrogen (secondary N) is 2. The van der Waals surface area contributed by atoms with E-state index >= 15 is 0 Å². The Balaban J connectivity index is 1.66. The second kappa shape index (κ2) is 5.86. The lowest BCUT2D eigenvalue weighted by molar-refractivity contribution is 0.606. The fraction of sp³-hybridized carbons (Fsp3) is 0.333. The van der Waals surface area contributed by atoms with Gasteiger partial charge in [0.2, 0.25) is 0 Å². The van der Waals surface area contributed by atoms with Gasteiger partial charge in [-0.1, -0.05) is 30.3 Å². The zero-order valence-electron chi connectivity index (χ0n) is 12.6. The number of aryl methyl sites for hydroxylation is 2. The van der Waals surface area contributed by atoms with Crippen molar-refractivity contribution in [3.05, 3.63) is 64.0 Å². The van der Waals surface area contributed by atoms with E-state index in [0.29, 0.717) is 11.1 Å². The van der Waals surface area contributed by atoms with E-state index in [1.807, 2.05) is 26.0 Å². The zero-order valence-corrected chi connectivity index (χ0v) is 12.6. The molecule has 3 rings (SSSR count). The van der Waals surface area contributed by atoms with Crippen molar-refractivity contribution in [2.45, 2.75) is 33.4 Å². The van der Waals surface area contributed by atoms with Crippen LogP contribution in [0.5, 0.6) is 0 Å². The highest BCUT2D eigenvalue weighted by atomic mass is 19.1. The molecular weight excluding hydrogens is 263 g/mol. The molecule has 0 amide bonds. The number of hydrogen-bond acceptors (Lipinski definition) is 2. The van der Waals surface area contributed by atoms with Gasteiger partial charge in [-0.05, 0) is 48.1 Å². The Bertz CT molecular complexity index is 641. The minimum Gasteiger partial charge on any atom is -0.384 e. The van der Waals surface area contributed by atoms with Crippen molar-refractivity contribution in [2.75, 3.05) is 11.9 Å². The van der Waals surface area contributed by atoms with Crippen molar-refractivity contribution in [1.29, 1.82) is 0 Å². The van der Waals surface area contributed by atoms with Gasteiger partial charge in [0, 0.05) is 25.3 Å². The van der Waals surface area contributed by atoms with Crippen LogP contribution in [0.3, 0.4) is 0 Å². The molecule has 21 heavy (non-hydrogen) atoms. The lowest BCUT2D eigenvalue weighted by Crippen LogP contribution is -2.14. The van der Waals surface area contributed by atoms with Crippen LogP contribution in [0.1, 0.15) is 27.8 Å². The van der Waals surface area contributed by atoms with Crippen LogP contribution in [-0.2, 0) is 19.5 Å². The zero-order chi connectivity index (χ0) is 14.8. The predicted molar refractivity (Wildman–Crippen MR) is 85.1 cm³/mol. The third kappa shape index (κ3) is 2.93. The fourth-order valence-corrected chi connectivity index (χ4v) is 3.04. The van der Waals surface area contributed by atoms with Gasteiger partial charge in [0.15, 0.2) is 0 Å². The average molecular weight is 284 g/mol. The van der Waals surface area contributed by atoms with E-state index in [1.54, 1.807) is 0 Å². The van der Waals surface area contributed by atoms with Crippen LogP contribution in [0.4, 0.5) is 10.1 Å². The van der Waals surface area contributed by atoms with Crippen LogP contribution in [0.15, 0.2) is 30.3 Å². The molecule has 0 saturated heterocycles. The number of benzene rings is 2. The first-order valence-corrected chi connectivity index (χ1v) is 7.46. The molecule has 3 heteroatoms. The highest BCUT2D eigenvalue weighted by Gasteiger charge is 2.13. The van der Waals surface area contributed by atoms with E-state index in [4.69, 9.17) is 0 Å². The van der Waals surface area contributed by atoms with Gasteiger partial charge < -0.3 is 10.6 Å². The topological polar surface area (TPSA) is 24.1 Å². The maximum atomic E-state index is 13.6. The molecule has 2 aromatic carbocycles. The first kappa shape index (κ1) is 14.1. The number of halogens is 1. The molecule has 2 nitrogen and oxygen atoms in total. The molecule has 0 aliphatic carbocycles. The first-order valence-electron chi connectivity index (χ1n) is 7.46. The van der Waals surface area contributed by atoms with Crippen molar-refractivity contribution >= 4 is 5.69 Å². The van der Waals surface area contributed by atoms with Gasteiger partial charge in [-0.3, -0.25) is 0 Å². The number of hydrogen-bond donors (Lipinski definition) is 2. The molecule has 0 fully saturated rings. The molecule has 2 aromatic rings. The van der Waals surface area contributed by atoms with E-state index < -0.39 is 0 Å². The average Bonchev–Trinajstić information content (AvgIpc) is 2.94. The standard InChI is InChI=1S/C18H21FN2/c1-12-8-14(9-13(2)17(12)19)10-20-11-16-5-3-4-15-6-7-21-18(15)16/h3-5,8-9,20-21H,6-7,10-11H2,1-2H3. The van der Waals surface area contributed by atoms with Crippen LogP contribution >= 0.6 is 0 Å². The van der Waals surface area contributed by atoms with Gasteiger partial charge in [0.05, 0.1) is 0 Å². The molecule has 1 aliphatic rings. The quantitative estimate of drug-likeness (QED) is 0.894. The van der Waals surface area contributed by atoms with Crippen LogP contribution in [0.2, 0.25) is 0 Å². The minimum atomic E-state index is -0.0937. The Kier molecular flexibility index (Phi) is 3.93. The SMILES string of the molecule is Cc1cc(CNCc2cccc3c2NCC3)cc(C)c1F. The maximum absolute atomic E-state index is 13.6. The molecule has 2 N–H and O–H groups in total. The number of para-hydroxylation sites is 1. The number of anilines is 1. The molecule has 0 radical (unpaired) electrons. The predicted octanol–water partition coefficient (Wildman–Crippen LogP) is 3.70. The normalized spacial score (nSPS) is 13.1. The van der Waals surface area contributed by atoms with Gasteiger partial charge in [-0.2, -0.15) is 0 Å². The van der Waals surface area contributed by atoms with Crippen LogP contribution < -0.4 is 10.6 Å². The van der Waals surface area contributed by atoms with Crippen LogP contribution in [0.25, 0.3) is 0 Å². The smallest absolute Gasteiger partial charge is 0.129 e. The number of fused-ring (bicyclic) bond motifs is 1. The van der Waals surface area contributed by atoms with Gasteiger partial charge in [-0.25, -0.2) is 4.39 Å². The third-order valence-electron chi connectivity index (χ3n) is 4.07. The minimum absolute atomic E-state index is 0.0937.